The summed E-state index contributed by atoms with van der Waals surface area (Å²) in [4.78, 5) is 26.1. The molecule has 1 N–H and O–H groups in total. The Morgan fingerprint density at radius 2 is 2.09 bits per heavy atom. The predicted octanol–water partition coefficient (Wildman–Crippen LogP) is 1.95. The number of benzene rings is 1. The van der Waals surface area contributed by atoms with E-state index < -0.39 is 0 Å². The number of nitrogens with zero attached hydrogens (tertiary/aromatic N) is 2. The number of carbonyl (C=O) groups is 1. The van der Waals surface area contributed by atoms with E-state index in [1.165, 1.54) is 4.57 Å². The van der Waals surface area contributed by atoms with Crippen LogP contribution in [-0.4, -0.2) is 40.2 Å². The van der Waals surface area contributed by atoms with Gasteiger partial charge >= 0.3 is 4.87 Å². The Morgan fingerprint density at radius 1 is 1.36 bits per heavy atom. The van der Waals surface area contributed by atoms with Crippen LogP contribution in [-0.2, 0) is 11.3 Å². The van der Waals surface area contributed by atoms with E-state index in [0.717, 1.165) is 28.9 Å². The Bertz CT molecular complexity index is 747. The lowest BCUT2D eigenvalue weighted by atomic mass is 9.98. The first kappa shape index (κ1) is 15.5. The molecule has 5 nitrogen and oxygen atoms in total. The van der Waals surface area contributed by atoms with E-state index in [2.05, 4.69) is 0 Å². The summed E-state index contributed by atoms with van der Waals surface area (Å²) in [5, 5.41) is 9.70. The minimum Gasteiger partial charge on any atom is -0.396 e. The highest BCUT2D eigenvalue weighted by Crippen LogP contribution is 2.22. The second kappa shape index (κ2) is 6.40. The summed E-state index contributed by atoms with van der Waals surface area (Å²) >= 11 is 7.11. The molecular formula is C15H17ClN2O3S. The zero-order valence-electron chi connectivity index (χ0n) is 12.0. The number of piperidine rings is 1. The number of likely N-dealkylation sites (tertiary alicyclic amines) is 1. The molecule has 1 fully saturated rings. The largest absolute Gasteiger partial charge is 0.396 e. The number of hydrogen-bond donors (Lipinski definition) is 1. The van der Waals surface area contributed by atoms with Gasteiger partial charge in [0.15, 0.2) is 0 Å². The van der Waals surface area contributed by atoms with E-state index in [-0.39, 0.29) is 29.8 Å². The fourth-order valence-corrected chi connectivity index (χ4v) is 3.82. The summed E-state index contributed by atoms with van der Waals surface area (Å²) < 4.78 is 2.33. The summed E-state index contributed by atoms with van der Waals surface area (Å²) in [6.45, 7) is 1.50. The first-order valence-electron chi connectivity index (χ1n) is 7.26. The molecule has 0 unspecified atom stereocenters. The molecule has 1 saturated heterocycles. The van der Waals surface area contributed by atoms with Crippen LogP contribution in [0.15, 0.2) is 23.0 Å². The highest BCUT2D eigenvalue weighted by Gasteiger charge is 2.23. The maximum atomic E-state index is 12.4. The summed E-state index contributed by atoms with van der Waals surface area (Å²) in [7, 11) is 0. The molecule has 2 heterocycles. The number of fused-ring (bicyclic) bond motifs is 1. The summed E-state index contributed by atoms with van der Waals surface area (Å²) in [6, 6.07) is 5.27. The number of rotatable bonds is 3. The summed E-state index contributed by atoms with van der Waals surface area (Å²) in [5.41, 5.74) is 0.709. The highest BCUT2D eigenvalue weighted by atomic mass is 35.5. The van der Waals surface area contributed by atoms with Crippen molar-refractivity contribution in [3.05, 3.63) is 32.9 Å². The molecule has 0 atom stereocenters. The third-order valence-electron chi connectivity index (χ3n) is 4.15. The molecule has 0 radical (unpaired) electrons. The lowest BCUT2D eigenvalue weighted by Gasteiger charge is -2.31. The first-order chi connectivity index (χ1) is 10.6. The van der Waals surface area contributed by atoms with E-state index >= 15 is 0 Å². The highest BCUT2D eigenvalue weighted by molar-refractivity contribution is 7.16. The van der Waals surface area contributed by atoms with Gasteiger partial charge in [-0.05, 0) is 37.0 Å². The maximum Gasteiger partial charge on any atom is 0.308 e. The zero-order valence-corrected chi connectivity index (χ0v) is 13.6. The maximum absolute atomic E-state index is 12.4. The molecule has 3 rings (SSSR count). The Labute approximate surface area is 136 Å². The van der Waals surface area contributed by atoms with E-state index in [1.807, 2.05) is 0 Å². The van der Waals surface area contributed by atoms with Crippen LogP contribution >= 0.6 is 22.9 Å². The Kier molecular flexibility index (Phi) is 4.52. The predicted molar refractivity (Wildman–Crippen MR) is 87.5 cm³/mol. The molecule has 1 aromatic carbocycles. The van der Waals surface area contributed by atoms with E-state index in [1.54, 1.807) is 23.1 Å². The molecule has 1 aromatic heterocycles. The topological polar surface area (TPSA) is 62.5 Å². The van der Waals surface area contributed by atoms with Crippen molar-refractivity contribution in [1.82, 2.24) is 9.47 Å². The lowest BCUT2D eigenvalue weighted by Crippen LogP contribution is -2.41. The zero-order chi connectivity index (χ0) is 15.7. The number of aromatic nitrogens is 1. The van der Waals surface area contributed by atoms with Crippen LogP contribution in [0.4, 0.5) is 0 Å². The van der Waals surface area contributed by atoms with Crippen LogP contribution in [0.3, 0.4) is 0 Å². The third-order valence-corrected chi connectivity index (χ3v) is 5.34. The second-order valence-corrected chi connectivity index (χ2v) is 7.00. The van der Waals surface area contributed by atoms with E-state index in [0.29, 0.717) is 23.6 Å². The molecular weight excluding hydrogens is 324 g/mol. The average Bonchev–Trinajstić information content (AvgIpc) is 2.83. The normalized spacial score (nSPS) is 16.4. The summed E-state index contributed by atoms with van der Waals surface area (Å²) in [6.07, 6.45) is 1.63. The Morgan fingerprint density at radius 3 is 2.77 bits per heavy atom. The molecule has 0 saturated carbocycles. The minimum atomic E-state index is -0.143. The van der Waals surface area contributed by atoms with Crippen molar-refractivity contribution in [1.29, 1.82) is 0 Å². The summed E-state index contributed by atoms with van der Waals surface area (Å²) in [5.74, 6) is 0.228. The van der Waals surface area contributed by atoms with Gasteiger partial charge in [-0.3, -0.25) is 14.2 Å². The number of aliphatic hydroxyl groups is 1. The molecule has 0 spiro atoms. The second-order valence-electron chi connectivity index (χ2n) is 5.57. The lowest BCUT2D eigenvalue weighted by molar-refractivity contribution is -0.133. The van der Waals surface area contributed by atoms with E-state index in [4.69, 9.17) is 16.7 Å². The van der Waals surface area contributed by atoms with Crippen LogP contribution in [0.25, 0.3) is 10.2 Å². The first-order valence-corrected chi connectivity index (χ1v) is 8.45. The number of amides is 1. The molecule has 118 valence electrons. The molecule has 0 bridgehead atoms. The molecule has 1 aliphatic heterocycles. The van der Waals surface area contributed by atoms with Crippen molar-refractivity contribution in [3.8, 4) is 0 Å². The van der Waals surface area contributed by atoms with Crippen LogP contribution in [0, 0.1) is 5.92 Å². The van der Waals surface area contributed by atoms with Crippen molar-refractivity contribution < 1.29 is 9.90 Å². The van der Waals surface area contributed by atoms with Gasteiger partial charge in [0.25, 0.3) is 0 Å². The monoisotopic (exact) mass is 340 g/mol. The van der Waals surface area contributed by atoms with Crippen LogP contribution < -0.4 is 4.87 Å². The van der Waals surface area contributed by atoms with E-state index in [9.17, 15) is 9.59 Å². The number of thiazole rings is 1. The number of halogens is 1. The smallest absolute Gasteiger partial charge is 0.308 e. The van der Waals surface area contributed by atoms with Crippen LogP contribution in [0.2, 0.25) is 5.02 Å². The van der Waals surface area contributed by atoms with Gasteiger partial charge in [0.1, 0.15) is 6.54 Å². The molecule has 0 aliphatic carbocycles. The molecule has 7 heteroatoms. The van der Waals surface area contributed by atoms with Gasteiger partial charge < -0.3 is 10.0 Å². The van der Waals surface area contributed by atoms with Crippen molar-refractivity contribution in [2.45, 2.75) is 19.4 Å². The van der Waals surface area contributed by atoms with Crippen molar-refractivity contribution in [2.24, 2.45) is 5.92 Å². The van der Waals surface area contributed by atoms with Gasteiger partial charge in [-0.25, -0.2) is 0 Å². The molecule has 22 heavy (non-hydrogen) atoms. The fraction of sp³-hybridized carbons (Fsp3) is 0.467. The van der Waals surface area contributed by atoms with Gasteiger partial charge in [-0.1, -0.05) is 22.9 Å². The Hall–Kier alpha value is -1.37. The average molecular weight is 341 g/mol. The number of aliphatic hydroxyl groups excluding tert-OH is 1. The number of hydrogen-bond acceptors (Lipinski definition) is 4. The van der Waals surface area contributed by atoms with Crippen molar-refractivity contribution in [2.75, 3.05) is 19.7 Å². The van der Waals surface area contributed by atoms with Gasteiger partial charge in [-0.15, -0.1) is 0 Å². The molecule has 2 aromatic rings. The third kappa shape index (κ3) is 3.04. The minimum absolute atomic E-state index is 0.0446. The van der Waals surface area contributed by atoms with Gasteiger partial charge in [0.2, 0.25) is 5.91 Å². The fourth-order valence-electron chi connectivity index (χ4n) is 2.79. The Balaban J connectivity index is 1.78. The molecule has 1 amide bonds. The van der Waals surface area contributed by atoms with Crippen molar-refractivity contribution >= 4 is 39.1 Å². The van der Waals surface area contributed by atoms with Gasteiger partial charge in [-0.2, -0.15) is 0 Å². The van der Waals surface area contributed by atoms with Gasteiger partial charge in [0, 0.05) is 24.7 Å². The van der Waals surface area contributed by atoms with Crippen LogP contribution in [0.5, 0.6) is 0 Å². The van der Waals surface area contributed by atoms with Crippen molar-refractivity contribution in [3.63, 3.8) is 0 Å². The quantitative estimate of drug-likeness (QED) is 0.929. The number of carbonyl (C=O) groups excluding carboxylic acids is 1. The standard InChI is InChI=1S/C15H17ClN2O3S/c16-11-1-2-13-12(7-11)18(15(21)22-13)8-14(20)17-5-3-10(9-19)4-6-17/h1-2,7,10,19H,3-6,8-9H2. The SMILES string of the molecule is O=C(Cn1c(=O)sc2ccc(Cl)cc21)N1CCC(CO)CC1. The molecule has 1 aliphatic rings. The van der Waals surface area contributed by atoms with Crippen LogP contribution in [0.1, 0.15) is 12.8 Å². The van der Waals surface area contributed by atoms with Gasteiger partial charge in [0.05, 0.1) is 10.2 Å².